The third-order valence-electron chi connectivity index (χ3n) is 11.7. The number of methoxy groups -OCH3 is 2. The zero-order valence-electron chi connectivity index (χ0n) is 35.5. The Morgan fingerprint density at radius 3 is 2.11 bits per heavy atom. The van der Waals surface area contributed by atoms with Gasteiger partial charge in [0.05, 0.1) is 60.8 Å². The number of benzene rings is 1. The van der Waals surface area contributed by atoms with E-state index in [0.29, 0.717) is 39.1 Å². The first kappa shape index (κ1) is 47.9. The normalized spacial score (nSPS) is 22.7. The van der Waals surface area contributed by atoms with Crippen LogP contribution in [0.4, 0.5) is 0 Å². The molecule has 0 spiro atoms. The van der Waals surface area contributed by atoms with E-state index in [1.54, 1.807) is 14.2 Å². The highest BCUT2D eigenvalue weighted by molar-refractivity contribution is 8.18. The van der Waals surface area contributed by atoms with Gasteiger partial charge < -0.3 is 38.3 Å². The fourth-order valence-electron chi connectivity index (χ4n) is 7.02. The predicted molar refractivity (Wildman–Crippen MR) is 228 cm³/mol. The molecule has 1 aromatic rings. The van der Waals surface area contributed by atoms with Crippen molar-refractivity contribution in [1.82, 2.24) is 0 Å². The van der Waals surface area contributed by atoms with E-state index < -0.39 is 45.8 Å². The van der Waals surface area contributed by atoms with Gasteiger partial charge in [0.2, 0.25) is 0 Å². The lowest BCUT2D eigenvalue weighted by molar-refractivity contribution is -0.278. The van der Waals surface area contributed by atoms with Crippen molar-refractivity contribution in [1.29, 1.82) is 0 Å². The highest BCUT2D eigenvalue weighted by Crippen LogP contribution is 2.60. The van der Waals surface area contributed by atoms with Crippen molar-refractivity contribution in [3.63, 3.8) is 0 Å². The van der Waals surface area contributed by atoms with Crippen LogP contribution in [0.1, 0.15) is 85.1 Å². The van der Waals surface area contributed by atoms with Crippen molar-refractivity contribution in [2.24, 2.45) is 5.41 Å². The van der Waals surface area contributed by atoms with Crippen LogP contribution < -0.4 is 0 Å². The Morgan fingerprint density at radius 2 is 1.54 bits per heavy atom. The first-order valence-electron chi connectivity index (χ1n) is 19.9. The molecule has 3 rings (SSSR count). The maximum absolute atomic E-state index is 12.6. The van der Waals surface area contributed by atoms with Crippen molar-refractivity contribution in [2.45, 2.75) is 170 Å². The minimum Gasteiger partial charge on any atom is -0.466 e. The Labute approximate surface area is 338 Å². The van der Waals surface area contributed by atoms with Crippen molar-refractivity contribution in [3.05, 3.63) is 35.9 Å². The van der Waals surface area contributed by atoms with E-state index in [9.17, 15) is 15.0 Å². The lowest BCUT2D eigenvalue weighted by atomic mass is 9.76. The summed E-state index contributed by atoms with van der Waals surface area (Å²) >= 11 is 3.96. The largest absolute Gasteiger partial charge is 0.466 e. The van der Waals surface area contributed by atoms with Crippen molar-refractivity contribution in [3.8, 4) is 0 Å². The number of carbonyl (C=O) groups excluding carboxylic acids is 1. The third kappa shape index (κ3) is 14.1. The van der Waals surface area contributed by atoms with Crippen LogP contribution in [-0.2, 0) is 39.5 Å². The summed E-state index contributed by atoms with van der Waals surface area (Å²) in [5, 5.41) is 22.5. The molecule has 5 atom stereocenters. The number of hydrogen-bond donors (Lipinski definition) is 2. The van der Waals surface area contributed by atoms with Crippen LogP contribution >= 0.6 is 23.5 Å². The van der Waals surface area contributed by atoms with Gasteiger partial charge in [-0.05, 0) is 66.9 Å². The molecule has 312 valence electrons. The van der Waals surface area contributed by atoms with Gasteiger partial charge in [0.15, 0.2) is 14.1 Å². The second-order valence-corrected chi connectivity index (χ2v) is 32.1. The van der Waals surface area contributed by atoms with Crippen LogP contribution in [-0.4, -0.2) is 112 Å². The number of hydrogen-bond acceptors (Lipinski definition) is 11. The van der Waals surface area contributed by atoms with Crippen LogP contribution in [0.2, 0.25) is 43.8 Å². The van der Waals surface area contributed by atoms with Gasteiger partial charge in [0.25, 0.3) is 0 Å². The van der Waals surface area contributed by atoms with Gasteiger partial charge in [0, 0.05) is 40.6 Å². The number of esters is 1. The van der Waals surface area contributed by atoms with E-state index in [1.165, 1.54) is 0 Å². The molecule has 0 radical (unpaired) electrons. The zero-order chi connectivity index (χ0) is 40.4. The standard InChI is InChI=1S/C41H74O9S2Si2/c1-38(2,3)54(11,12)50-36(24-32(42)23-33(43)25-37(44)48-19-22-53(8,9)10)39(4,5)41(51-20-16-21-52-41)28-34-26-40(45-6,46-7)27-35(49-34)30-47-29-31-17-14-13-15-18-31/h13-15,17-18,32-36,42-43H,16,19-30H2,1-12H3/t32-,33-,34+,35-,36+/m1/s1. The first-order valence-corrected chi connectivity index (χ1v) is 28.5. The summed E-state index contributed by atoms with van der Waals surface area (Å²) in [5.41, 5.74) is 0.674. The quantitative estimate of drug-likeness (QED) is 0.0704. The van der Waals surface area contributed by atoms with E-state index in [4.69, 9.17) is 28.1 Å². The summed E-state index contributed by atoms with van der Waals surface area (Å²) < 4.78 is 37.7. The Morgan fingerprint density at radius 1 is 0.926 bits per heavy atom. The molecule has 13 heteroatoms. The third-order valence-corrected chi connectivity index (χ3v) is 21.9. The van der Waals surface area contributed by atoms with Gasteiger partial charge in [0.1, 0.15) is 0 Å². The number of carbonyl (C=O) groups is 1. The molecule has 0 aromatic heterocycles. The number of aliphatic hydroxyl groups excluding tert-OH is 2. The van der Waals surface area contributed by atoms with Crippen LogP contribution in [0.3, 0.4) is 0 Å². The fraction of sp³-hybridized carbons (Fsp3) is 0.829. The molecule has 2 aliphatic heterocycles. The average Bonchev–Trinajstić information content (AvgIpc) is 3.07. The Kier molecular flexibility index (Phi) is 18.2. The highest BCUT2D eigenvalue weighted by atomic mass is 32.2. The van der Waals surface area contributed by atoms with Gasteiger partial charge >= 0.3 is 5.97 Å². The van der Waals surface area contributed by atoms with Crippen LogP contribution in [0.15, 0.2) is 30.3 Å². The maximum Gasteiger partial charge on any atom is 0.308 e. The molecule has 1 aromatic carbocycles. The lowest BCUT2D eigenvalue weighted by Gasteiger charge is -2.56. The minimum absolute atomic E-state index is 0.0541. The van der Waals surface area contributed by atoms with Gasteiger partial charge in [-0.2, -0.15) is 0 Å². The van der Waals surface area contributed by atoms with Crippen LogP contribution in [0.25, 0.3) is 0 Å². The zero-order valence-corrected chi connectivity index (χ0v) is 39.2. The molecule has 0 saturated carbocycles. The minimum atomic E-state index is -2.33. The summed E-state index contributed by atoms with van der Waals surface area (Å²) in [4.78, 5) is 12.6. The second kappa shape index (κ2) is 20.5. The molecule has 2 saturated heterocycles. The average molecular weight is 831 g/mol. The monoisotopic (exact) mass is 830 g/mol. The summed E-state index contributed by atoms with van der Waals surface area (Å²) in [6.07, 6.45) is 0.702. The van der Waals surface area contributed by atoms with Gasteiger partial charge in [-0.3, -0.25) is 4.79 Å². The topological polar surface area (TPSA) is 113 Å². The summed E-state index contributed by atoms with van der Waals surface area (Å²) in [5.74, 6) is 0.814. The molecule has 2 aliphatic rings. The van der Waals surface area contributed by atoms with Gasteiger partial charge in [-0.15, -0.1) is 23.5 Å². The van der Waals surface area contributed by atoms with Crippen molar-refractivity contribution < 1.29 is 43.1 Å². The van der Waals surface area contributed by atoms with Gasteiger partial charge in [-0.1, -0.05) is 84.6 Å². The van der Waals surface area contributed by atoms with Crippen LogP contribution in [0.5, 0.6) is 0 Å². The smallest absolute Gasteiger partial charge is 0.308 e. The van der Waals surface area contributed by atoms with E-state index in [-0.39, 0.29) is 40.3 Å². The molecule has 54 heavy (non-hydrogen) atoms. The fourth-order valence-corrected chi connectivity index (χ4v) is 13.1. The highest BCUT2D eigenvalue weighted by Gasteiger charge is 2.56. The van der Waals surface area contributed by atoms with Crippen LogP contribution in [0, 0.1) is 5.41 Å². The Balaban J connectivity index is 1.85. The van der Waals surface area contributed by atoms with E-state index >= 15 is 0 Å². The SMILES string of the molecule is COC1(OC)C[C@H](COCc2ccccc2)O[C@H](CC2(C(C)(C)[C@H](C[C@H](O)C[C@@H](O)CC(=O)OCC[Si](C)(C)C)O[Si](C)(C)C(C)(C)C)SCCCS2)C1. The molecule has 0 unspecified atom stereocenters. The lowest BCUT2D eigenvalue weighted by Crippen LogP contribution is -2.58. The number of thioether (sulfide) groups is 2. The maximum atomic E-state index is 12.6. The van der Waals surface area contributed by atoms with E-state index in [1.807, 2.05) is 41.7 Å². The van der Waals surface area contributed by atoms with Crippen molar-refractivity contribution >= 4 is 45.9 Å². The summed E-state index contributed by atoms with van der Waals surface area (Å²) in [7, 11) is -0.253. The second-order valence-electron chi connectivity index (χ2n) is 18.7. The molecule has 9 nitrogen and oxygen atoms in total. The van der Waals surface area contributed by atoms with Gasteiger partial charge in [-0.25, -0.2) is 0 Å². The number of ether oxygens (including phenoxy) is 5. The molecular formula is C41H74O9S2Si2. The molecule has 0 amide bonds. The molecule has 2 fully saturated rings. The predicted octanol–water partition coefficient (Wildman–Crippen LogP) is 8.89. The van der Waals surface area contributed by atoms with E-state index in [2.05, 4.69) is 79.5 Å². The molecule has 0 aliphatic carbocycles. The Bertz CT molecular complexity index is 1260. The summed E-state index contributed by atoms with van der Waals surface area (Å²) in [6, 6.07) is 11.0. The number of aliphatic hydroxyl groups is 2. The molecule has 0 bridgehead atoms. The molecular weight excluding hydrogens is 757 g/mol. The molecule has 2 heterocycles. The first-order chi connectivity index (χ1) is 25.1. The summed E-state index contributed by atoms with van der Waals surface area (Å²) in [6.45, 7) is 23.8. The van der Waals surface area contributed by atoms with E-state index in [0.717, 1.165) is 36.0 Å². The van der Waals surface area contributed by atoms with Crippen molar-refractivity contribution in [2.75, 3.05) is 38.9 Å². The Hall–Kier alpha value is -0.456. The molecule has 2 N–H and O–H groups in total. The number of rotatable bonds is 21.